The van der Waals surface area contributed by atoms with Crippen molar-refractivity contribution in [2.75, 3.05) is 0 Å². The van der Waals surface area contributed by atoms with Crippen molar-refractivity contribution in [2.24, 2.45) is 5.73 Å². The van der Waals surface area contributed by atoms with Crippen LogP contribution in [0.3, 0.4) is 0 Å². The van der Waals surface area contributed by atoms with Crippen molar-refractivity contribution in [3.63, 3.8) is 0 Å². The Morgan fingerprint density at radius 2 is 2.10 bits per heavy atom. The fourth-order valence-electron chi connectivity index (χ4n) is 1.69. The van der Waals surface area contributed by atoms with Crippen LogP contribution in [0.25, 0.3) is 0 Å². The maximum absolute atomic E-state index is 12.3. The van der Waals surface area contributed by atoms with E-state index in [1.165, 1.54) is 23.5 Å². The first-order valence-electron chi connectivity index (χ1n) is 5.93. The summed E-state index contributed by atoms with van der Waals surface area (Å²) in [5.74, 6) is 0. The number of rotatable bonds is 5. The smallest absolute Gasteiger partial charge is 0.242 e. The molecule has 0 aliphatic carbocycles. The van der Waals surface area contributed by atoms with Gasteiger partial charge in [-0.3, -0.25) is 0 Å². The molecule has 1 heterocycles. The summed E-state index contributed by atoms with van der Waals surface area (Å²) in [6.07, 6.45) is 1.69. The number of halogens is 2. The zero-order valence-corrected chi connectivity index (χ0v) is 14.2. The van der Waals surface area contributed by atoms with Gasteiger partial charge in [-0.2, -0.15) is 0 Å². The van der Waals surface area contributed by atoms with Gasteiger partial charge < -0.3 is 5.73 Å². The number of nitrogens with zero attached hydrogens (tertiary/aromatic N) is 1. The average molecular weight is 366 g/mol. The maximum atomic E-state index is 12.3. The maximum Gasteiger partial charge on any atom is 0.242 e. The van der Waals surface area contributed by atoms with Crippen LogP contribution in [0.5, 0.6) is 0 Å². The highest BCUT2D eigenvalue weighted by Crippen LogP contribution is 2.30. The van der Waals surface area contributed by atoms with Crippen molar-refractivity contribution in [1.29, 1.82) is 0 Å². The summed E-state index contributed by atoms with van der Waals surface area (Å²) in [6, 6.07) is 2.83. The van der Waals surface area contributed by atoms with E-state index in [4.69, 9.17) is 28.9 Å². The molecule has 0 amide bonds. The standard InChI is InChI=1S/C12H13Cl2N3O2S2/c1-7-5-16-11(20-7)6-17-21(18,19)10-3-2-9(13)8(4-15)12(10)14/h2-3,5,17H,4,6,15H2,1H3. The summed E-state index contributed by atoms with van der Waals surface area (Å²) in [4.78, 5) is 5.07. The summed E-state index contributed by atoms with van der Waals surface area (Å²) < 4.78 is 27.1. The fraction of sp³-hybridized carbons (Fsp3) is 0.250. The second-order valence-corrected chi connectivity index (χ2v) is 8.07. The predicted molar refractivity (Wildman–Crippen MR) is 85.2 cm³/mol. The molecule has 1 aromatic heterocycles. The molecule has 0 aliphatic heterocycles. The van der Waals surface area contributed by atoms with Crippen LogP contribution >= 0.6 is 34.5 Å². The first kappa shape index (κ1) is 16.7. The summed E-state index contributed by atoms with van der Waals surface area (Å²) in [5, 5.41) is 1.07. The Morgan fingerprint density at radius 1 is 1.38 bits per heavy atom. The van der Waals surface area contributed by atoms with Crippen LogP contribution in [-0.4, -0.2) is 13.4 Å². The van der Waals surface area contributed by atoms with E-state index in [0.29, 0.717) is 15.6 Å². The van der Waals surface area contributed by atoms with Crippen molar-refractivity contribution < 1.29 is 8.42 Å². The number of hydrogen-bond donors (Lipinski definition) is 2. The minimum absolute atomic E-state index is 0.0395. The lowest BCUT2D eigenvalue weighted by Crippen LogP contribution is -2.24. The molecule has 2 rings (SSSR count). The summed E-state index contributed by atoms with van der Waals surface area (Å²) in [7, 11) is -3.76. The van der Waals surface area contributed by atoms with Gasteiger partial charge in [-0.05, 0) is 19.1 Å². The molecule has 0 saturated carbocycles. The first-order chi connectivity index (χ1) is 9.85. The minimum atomic E-state index is -3.76. The monoisotopic (exact) mass is 365 g/mol. The van der Waals surface area contributed by atoms with Gasteiger partial charge in [0.15, 0.2) is 0 Å². The lowest BCUT2D eigenvalue weighted by atomic mass is 10.2. The van der Waals surface area contributed by atoms with Crippen LogP contribution < -0.4 is 10.5 Å². The van der Waals surface area contributed by atoms with Gasteiger partial charge in [0.2, 0.25) is 10.0 Å². The summed E-state index contributed by atoms with van der Waals surface area (Å²) in [6.45, 7) is 2.07. The number of nitrogens with two attached hydrogens (primary N) is 1. The van der Waals surface area contributed by atoms with E-state index in [0.717, 1.165) is 4.88 Å². The van der Waals surface area contributed by atoms with Gasteiger partial charge in [-0.1, -0.05) is 23.2 Å². The topological polar surface area (TPSA) is 85.1 Å². The summed E-state index contributed by atoms with van der Waals surface area (Å²) in [5.41, 5.74) is 5.95. The quantitative estimate of drug-likeness (QED) is 0.852. The lowest BCUT2D eigenvalue weighted by molar-refractivity contribution is 0.581. The molecule has 0 atom stereocenters. The average Bonchev–Trinajstić information content (AvgIpc) is 2.83. The molecular formula is C12H13Cl2N3O2S2. The Hall–Kier alpha value is -0.700. The SMILES string of the molecule is Cc1cnc(CNS(=O)(=O)c2ccc(Cl)c(CN)c2Cl)s1. The molecule has 2 aromatic rings. The number of hydrogen-bond acceptors (Lipinski definition) is 5. The highest BCUT2D eigenvalue weighted by molar-refractivity contribution is 7.89. The normalized spacial score (nSPS) is 11.8. The molecule has 114 valence electrons. The zero-order valence-electron chi connectivity index (χ0n) is 11.1. The van der Waals surface area contributed by atoms with Crippen LogP contribution in [0, 0.1) is 6.92 Å². The van der Waals surface area contributed by atoms with Crippen molar-refractivity contribution in [3.05, 3.63) is 43.8 Å². The molecule has 0 bridgehead atoms. The number of sulfonamides is 1. The molecule has 0 saturated heterocycles. The zero-order chi connectivity index (χ0) is 15.6. The molecule has 0 unspecified atom stereocenters. The Bertz CT molecular complexity index is 760. The van der Waals surface area contributed by atoms with Gasteiger partial charge >= 0.3 is 0 Å². The van der Waals surface area contributed by atoms with Crippen LogP contribution in [-0.2, 0) is 23.1 Å². The molecule has 5 nitrogen and oxygen atoms in total. The van der Waals surface area contributed by atoms with E-state index in [-0.39, 0.29) is 23.0 Å². The Labute approximate surface area is 137 Å². The van der Waals surface area contributed by atoms with E-state index in [1.54, 1.807) is 6.20 Å². The van der Waals surface area contributed by atoms with Crippen molar-refractivity contribution in [1.82, 2.24) is 9.71 Å². The van der Waals surface area contributed by atoms with Gasteiger partial charge in [-0.15, -0.1) is 11.3 Å². The highest BCUT2D eigenvalue weighted by Gasteiger charge is 2.21. The Balaban J connectivity index is 2.27. The molecule has 0 spiro atoms. The third-order valence-electron chi connectivity index (χ3n) is 2.73. The Morgan fingerprint density at radius 3 is 2.67 bits per heavy atom. The van der Waals surface area contributed by atoms with E-state index in [1.807, 2.05) is 6.92 Å². The Kier molecular flexibility index (Phi) is 5.24. The van der Waals surface area contributed by atoms with Gasteiger partial charge in [-0.25, -0.2) is 18.1 Å². The van der Waals surface area contributed by atoms with E-state index in [2.05, 4.69) is 9.71 Å². The van der Waals surface area contributed by atoms with Crippen molar-refractivity contribution in [3.8, 4) is 0 Å². The predicted octanol–water partition coefficient (Wildman–Crippen LogP) is 2.70. The lowest BCUT2D eigenvalue weighted by Gasteiger charge is -2.11. The molecular weight excluding hydrogens is 353 g/mol. The van der Waals surface area contributed by atoms with Crippen LogP contribution in [0.1, 0.15) is 15.4 Å². The van der Waals surface area contributed by atoms with Gasteiger partial charge in [0.25, 0.3) is 0 Å². The number of benzene rings is 1. The van der Waals surface area contributed by atoms with Crippen LogP contribution in [0.2, 0.25) is 10.0 Å². The molecule has 9 heteroatoms. The fourth-order valence-corrected chi connectivity index (χ4v) is 4.42. The van der Waals surface area contributed by atoms with Crippen molar-refractivity contribution in [2.45, 2.75) is 24.9 Å². The molecule has 21 heavy (non-hydrogen) atoms. The second-order valence-electron chi connectivity index (χ2n) is 4.23. The van der Waals surface area contributed by atoms with E-state index in [9.17, 15) is 8.42 Å². The minimum Gasteiger partial charge on any atom is -0.326 e. The number of aryl methyl sites for hydroxylation is 1. The highest BCUT2D eigenvalue weighted by atomic mass is 35.5. The molecule has 3 N–H and O–H groups in total. The number of thiazole rings is 1. The van der Waals surface area contributed by atoms with E-state index >= 15 is 0 Å². The largest absolute Gasteiger partial charge is 0.326 e. The third-order valence-corrected chi connectivity index (χ3v) is 5.98. The molecule has 0 radical (unpaired) electrons. The number of nitrogens with one attached hydrogen (secondary N) is 1. The van der Waals surface area contributed by atoms with Crippen LogP contribution in [0.15, 0.2) is 23.2 Å². The van der Waals surface area contributed by atoms with Gasteiger partial charge in [0.05, 0.1) is 11.6 Å². The van der Waals surface area contributed by atoms with Gasteiger partial charge in [0.1, 0.15) is 9.90 Å². The second kappa shape index (κ2) is 6.60. The third kappa shape index (κ3) is 3.74. The number of aromatic nitrogens is 1. The van der Waals surface area contributed by atoms with Crippen LogP contribution in [0.4, 0.5) is 0 Å². The van der Waals surface area contributed by atoms with Gasteiger partial charge in [0, 0.05) is 28.2 Å². The molecule has 0 aliphatic rings. The van der Waals surface area contributed by atoms with Crippen molar-refractivity contribution >= 4 is 44.6 Å². The van der Waals surface area contributed by atoms with E-state index < -0.39 is 10.0 Å². The summed E-state index contributed by atoms with van der Waals surface area (Å²) >= 11 is 13.5. The first-order valence-corrected chi connectivity index (χ1v) is 8.98. The molecule has 0 fully saturated rings. The molecule has 1 aromatic carbocycles.